The first-order valence-corrected chi connectivity index (χ1v) is 7.94. The number of rotatable bonds is 6. The fourth-order valence-electron chi connectivity index (χ4n) is 3.31. The van der Waals surface area contributed by atoms with Crippen molar-refractivity contribution in [3.05, 3.63) is 12.2 Å². The van der Waals surface area contributed by atoms with Crippen molar-refractivity contribution in [1.29, 1.82) is 0 Å². The third kappa shape index (κ3) is 3.79. The molecule has 2 heterocycles. The molecule has 3 atom stereocenters. The maximum absolute atomic E-state index is 4.20. The second-order valence-corrected chi connectivity index (χ2v) is 6.18. The first-order valence-electron chi connectivity index (χ1n) is 7.94. The maximum Gasteiger partial charge on any atom is 0.149 e. The van der Waals surface area contributed by atoms with Crippen LogP contribution in [0, 0.1) is 5.92 Å². The summed E-state index contributed by atoms with van der Waals surface area (Å²) >= 11 is 0. The highest BCUT2D eigenvalue weighted by Crippen LogP contribution is 2.21. The smallest absolute Gasteiger partial charge is 0.149 e. The Balaban J connectivity index is 1.87. The van der Waals surface area contributed by atoms with Crippen LogP contribution in [0.15, 0.2) is 6.33 Å². The molecule has 1 fully saturated rings. The Labute approximate surface area is 122 Å². The van der Waals surface area contributed by atoms with Crippen LogP contribution < -0.4 is 5.32 Å². The van der Waals surface area contributed by atoms with Crippen molar-refractivity contribution in [1.82, 2.24) is 25.0 Å². The highest BCUT2D eigenvalue weighted by Gasteiger charge is 2.25. The molecule has 1 aromatic heterocycles. The lowest BCUT2D eigenvalue weighted by atomic mass is 9.91. The minimum absolute atomic E-state index is 0.249. The first-order chi connectivity index (χ1) is 9.61. The van der Waals surface area contributed by atoms with Gasteiger partial charge in [0.15, 0.2) is 0 Å². The van der Waals surface area contributed by atoms with Crippen molar-refractivity contribution in [2.45, 2.75) is 52.1 Å². The van der Waals surface area contributed by atoms with Crippen molar-refractivity contribution in [2.24, 2.45) is 13.0 Å². The van der Waals surface area contributed by atoms with Gasteiger partial charge in [0.05, 0.1) is 6.04 Å². The molecule has 0 amide bonds. The number of aryl methyl sites for hydroxylation is 1. The van der Waals surface area contributed by atoms with Crippen molar-refractivity contribution in [3.63, 3.8) is 0 Å². The minimum Gasteiger partial charge on any atom is -0.319 e. The number of hydrogen-bond acceptors (Lipinski definition) is 4. The summed E-state index contributed by atoms with van der Waals surface area (Å²) in [6.45, 7) is 10.5. The van der Waals surface area contributed by atoms with Crippen LogP contribution in [0.2, 0.25) is 0 Å². The Morgan fingerprint density at radius 1 is 1.45 bits per heavy atom. The van der Waals surface area contributed by atoms with Crippen LogP contribution in [0.4, 0.5) is 0 Å². The van der Waals surface area contributed by atoms with E-state index in [1.165, 1.54) is 38.9 Å². The molecule has 0 saturated carbocycles. The lowest BCUT2D eigenvalue weighted by Gasteiger charge is -2.36. The SMILES string of the molecule is CCCN1CCCC(C(C)NC(C)c2nncn2C)C1. The number of aromatic nitrogens is 3. The van der Waals surface area contributed by atoms with E-state index < -0.39 is 0 Å². The lowest BCUT2D eigenvalue weighted by Crippen LogP contribution is -2.45. The summed E-state index contributed by atoms with van der Waals surface area (Å²) in [6.07, 6.45) is 5.68. The molecule has 0 aliphatic carbocycles. The van der Waals surface area contributed by atoms with Crippen LogP contribution in [0.5, 0.6) is 0 Å². The molecule has 114 valence electrons. The second-order valence-electron chi connectivity index (χ2n) is 6.18. The van der Waals surface area contributed by atoms with Crippen LogP contribution in [0.1, 0.15) is 51.9 Å². The molecule has 1 saturated heterocycles. The molecule has 0 bridgehead atoms. The number of hydrogen-bond donors (Lipinski definition) is 1. The predicted molar refractivity (Wildman–Crippen MR) is 81.5 cm³/mol. The van der Waals surface area contributed by atoms with Gasteiger partial charge in [0.1, 0.15) is 12.2 Å². The van der Waals surface area contributed by atoms with E-state index in [2.05, 4.69) is 41.2 Å². The highest BCUT2D eigenvalue weighted by atomic mass is 15.3. The minimum atomic E-state index is 0.249. The van der Waals surface area contributed by atoms with Gasteiger partial charge in [-0.3, -0.25) is 0 Å². The average Bonchev–Trinajstić information content (AvgIpc) is 2.86. The Morgan fingerprint density at radius 3 is 2.90 bits per heavy atom. The molecular weight excluding hydrogens is 250 g/mol. The summed E-state index contributed by atoms with van der Waals surface area (Å²) in [4.78, 5) is 2.61. The fourth-order valence-corrected chi connectivity index (χ4v) is 3.31. The van der Waals surface area contributed by atoms with Crippen LogP contribution in [0.25, 0.3) is 0 Å². The maximum atomic E-state index is 4.20. The molecular formula is C15H29N5. The monoisotopic (exact) mass is 279 g/mol. The zero-order valence-electron chi connectivity index (χ0n) is 13.3. The van der Waals surface area contributed by atoms with Gasteiger partial charge < -0.3 is 14.8 Å². The third-order valence-electron chi connectivity index (χ3n) is 4.44. The van der Waals surface area contributed by atoms with Gasteiger partial charge in [0.25, 0.3) is 0 Å². The van der Waals surface area contributed by atoms with E-state index in [1.807, 2.05) is 11.6 Å². The molecule has 0 radical (unpaired) electrons. The summed E-state index contributed by atoms with van der Waals surface area (Å²) in [5, 5.41) is 11.9. The van der Waals surface area contributed by atoms with Gasteiger partial charge in [0, 0.05) is 19.6 Å². The quantitative estimate of drug-likeness (QED) is 0.865. The normalized spacial score (nSPS) is 23.7. The summed E-state index contributed by atoms with van der Waals surface area (Å²) in [5.74, 6) is 1.75. The third-order valence-corrected chi connectivity index (χ3v) is 4.44. The van der Waals surface area contributed by atoms with Crippen molar-refractivity contribution in [2.75, 3.05) is 19.6 Å². The number of nitrogens with one attached hydrogen (secondary N) is 1. The molecule has 2 rings (SSSR count). The Bertz CT molecular complexity index is 401. The van der Waals surface area contributed by atoms with Gasteiger partial charge in [-0.25, -0.2) is 0 Å². The Kier molecular flexibility index (Phi) is 5.54. The summed E-state index contributed by atoms with van der Waals surface area (Å²) in [5.41, 5.74) is 0. The molecule has 1 N–H and O–H groups in total. The topological polar surface area (TPSA) is 46.0 Å². The van der Waals surface area contributed by atoms with Crippen molar-refractivity contribution in [3.8, 4) is 0 Å². The average molecular weight is 279 g/mol. The van der Waals surface area contributed by atoms with Crippen LogP contribution in [-0.4, -0.2) is 45.3 Å². The van der Waals surface area contributed by atoms with Gasteiger partial charge in [-0.05, 0) is 52.1 Å². The van der Waals surface area contributed by atoms with E-state index in [4.69, 9.17) is 0 Å². The Hall–Kier alpha value is -0.940. The molecule has 1 aromatic rings. The van der Waals surface area contributed by atoms with E-state index in [-0.39, 0.29) is 6.04 Å². The first kappa shape index (κ1) is 15.4. The molecule has 0 spiro atoms. The second kappa shape index (κ2) is 7.18. The van der Waals surface area contributed by atoms with Crippen LogP contribution in [0.3, 0.4) is 0 Å². The molecule has 3 unspecified atom stereocenters. The zero-order valence-corrected chi connectivity index (χ0v) is 13.3. The van der Waals surface area contributed by atoms with E-state index in [9.17, 15) is 0 Å². The zero-order chi connectivity index (χ0) is 14.5. The number of likely N-dealkylation sites (tertiary alicyclic amines) is 1. The van der Waals surface area contributed by atoms with Gasteiger partial charge >= 0.3 is 0 Å². The number of piperidine rings is 1. The summed E-state index contributed by atoms with van der Waals surface area (Å²) in [7, 11) is 2.00. The van der Waals surface area contributed by atoms with Crippen molar-refractivity contribution >= 4 is 0 Å². The fraction of sp³-hybridized carbons (Fsp3) is 0.867. The summed E-state index contributed by atoms with van der Waals surface area (Å²) in [6, 6.07) is 0.764. The molecule has 1 aliphatic rings. The predicted octanol–water partition coefficient (Wildman–Crippen LogP) is 1.98. The van der Waals surface area contributed by atoms with Gasteiger partial charge in [-0.15, -0.1) is 10.2 Å². The van der Waals surface area contributed by atoms with E-state index in [0.29, 0.717) is 6.04 Å². The van der Waals surface area contributed by atoms with E-state index in [0.717, 1.165) is 11.7 Å². The molecule has 1 aliphatic heterocycles. The molecule has 0 aromatic carbocycles. The van der Waals surface area contributed by atoms with Crippen LogP contribution in [-0.2, 0) is 7.05 Å². The van der Waals surface area contributed by atoms with Crippen LogP contribution >= 0.6 is 0 Å². The van der Waals surface area contributed by atoms with Gasteiger partial charge in [-0.2, -0.15) is 0 Å². The Morgan fingerprint density at radius 2 is 2.25 bits per heavy atom. The van der Waals surface area contributed by atoms with Crippen molar-refractivity contribution < 1.29 is 0 Å². The van der Waals surface area contributed by atoms with Gasteiger partial charge in [-0.1, -0.05) is 6.92 Å². The summed E-state index contributed by atoms with van der Waals surface area (Å²) < 4.78 is 1.99. The molecule has 5 nitrogen and oxygen atoms in total. The largest absolute Gasteiger partial charge is 0.319 e. The lowest BCUT2D eigenvalue weighted by molar-refractivity contribution is 0.147. The highest BCUT2D eigenvalue weighted by molar-refractivity contribution is 4.94. The van der Waals surface area contributed by atoms with Gasteiger partial charge in [0.2, 0.25) is 0 Å². The standard InChI is InChI=1S/C15H29N5/c1-5-8-20-9-6-7-14(10-20)12(2)17-13(3)15-18-16-11-19(15)4/h11-14,17H,5-10H2,1-4H3. The van der Waals surface area contributed by atoms with E-state index in [1.54, 1.807) is 6.33 Å². The van der Waals surface area contributed by atoms with E-state index >= 15 is 0 Å². The molecule has 5 heteroatoms. The molecule has 20 heavy (non-hydrogen) atoms. The number of nitrogens with zero attached hydrogens (tertiary/aromatic N) is 4.